The van der Waals surface area contributed by atoms with Crippen molar-refractivity contribution in [2.45, 2.75) is 36.4 Å². The van der Waals surface area contributed by atoms with Crippen molar-refractivity contribution in [3.63, 3.8) is 0 Å². The minimum absolute atomic E-state index is 0.0117. The number of thiophene rings is 1. The lowest BCUT2D eigenvalue weighted by molar-refractivity contribution is -0.138. The van der Waals surface area contributed by atoms with Crippen LogP contribution in [0, 0.1) is 0 Å². The first-order valence-electron chi connectivity index (χ1n) is 7.35. The van der Waals surface area contributed by atoms with Crippen molar-refractivity contribution < 1.29 is 18.3 Å². The number of likely N-dealkylation sites (N-methyl/N-ethyl adjacent to an activating group) is 1. The van der Waals surface area contributed by atoms with Crippen LogP contribution in [-0.4, -0.2) is 61.4 Å². The molecule has 0 aliphatic carbocycles. The van der Waals surface area contributed by atoms with Gasteiger partial charge in [0, 0.05) is 24.0 Å². The highest BCUT2D eigenvalue weighted by Crippen LogP contribution is 2.28. The minimum Gasteiger partial charge on any atom is -0.480 e. The second-order valence-electron chi connectivity index (χ2n) is 5.52. The van der Waals surface area contributed by atoms with E-state index < -0.39 is 16.0 Å². The monoisotopic (exact) mass is 346 g/mol. The SMILES string of the molecule is CCc1ccc(S(=O)(=O)N2CCC(N(C)CC(=O)O)CC2)s1. The highest BCUT2D eigenvalue weighted by molar-refractivity contribution is 7.91. The molecule has 1 aromatic heterocycles. The number of aryl methyl sites for hydroxylation is 1. The van der Waals surface area contributed by atoms with Crippen LogP contribution >= 0.6 is 11.3 Å². The number of hydrogen-bond donors (Lipinski definition) is 1. The van der Waals surface area contributed by atoms with Gasteiger partial charge in [-0.1, -0.05) is 6.92 Å². The fourth-order valence-electron chi connectivity index (χ4n) is 2.68. The fourth-order valence-corrected chi connectivity index (χ4v) is 5.60. The summed E-state index contributed by atoms with van der Waals surface area (Å²) in [5.74, 6) is -0.858. The lowest BCUT2D eigenvalue weighted by Gasteiger charge is -2.35. The van der Waals surface area contributed by atoms with E-state index >= 15 is 0 Å². The molecular formula is C14H22N2O4S2. The van der Waals surface area contributed by atoms with Crippen molar-refractivity contribution in [1.29, 1.82) is 0 Å². The van der Waals surface area contributed by atoms with Crippen molar-refractivity contribution in [3.05, 3.63) is 17.0 Å². The van der Waals surface area contributed by atoms with Crippen LogP contribution in [0.25, 0.3) is 0 Å². The predicted molar refractivity (Wildman–Crippen MR) is 85.7 cm³/mol. The Bertz CT molecular complexity index is 619. The van der Waals surface area contributed by atoms with Gasteiger partial charge < -0.3 is 5.11 Å². The summed E-state index contributed by atoms with van der Waals surface area (Å²) < 4.78 is 27.1. The zero-order chi connectivity index (χ0) is 16.3. The standard InChI is InChI=1S/C14H22N2O4S2/c1-3-12-4-5-14(21-12)22(19,20)16-8-6-11(7-9-16)15(2)10-13(17)18/h4-5,11H,3,6-10H2,1-2H3,(H,17,18). The summed E-state index contributed by atoms with van der Waals surface area (Å²) in [5, 5.41) is 8.82. The number of sulfonamides is 1. The Morgan fingerprint density at radius 1 is 1.41 bits per heavy atom. The summed E-state index contributed by atoms with van der Waals surface area (Å²) in [6.45, 7) is 2.88. The van der Waals surface area contributed by atoms with E-state index in [0.29, 0.717) is 30.1 Å². The average Bonchev–Trinajstić information content (AvgIpc) is 2.96. The molecule has 1 aliphatic rings. The van der Waals surface area contributed by atoms with Crippen LogP contribution in [0.2, 0.25) is 0 Å². The molecule has 1 aromatic rings. The van der Waals surface area contributed by atoms with Crippen LogP contribution in [0.5, 0.6) is 0 Å². The summed E-state index contributed by atoms with van der Waals surface area (Å²) >= 11 is 1.33. The van der Waals surface area contributed by atoms with Gasteiger partial charge in [0.25, 0.3) is 10.0 Å². The summed E-state index contributed by atoms with van der Waals surface area (Å²) in [6.07, 6.45) is 2.16. The van der Waals surface area contributed by atoms with E-state index in [9.17, 15) is 13.2 Å². The van der Waals surface area contributed by atoms with Crippen molar-refractivity contribution in [2.75, 3.05) is 26.7 Å². The Morgan fingerprint density at radius 2 is 2.05 bits per heavy atom. The van der Waals surface area contributed by atoms with E-state index in [0.717, 1.165) is 11.3 Å². The molecule has 0 spiro atoms. The van der Waals surface area contributed by atoms with E-state index in [1.165, 1.54) is 15.6 Å². The normalized spacial score (nSPS) is 18.0. The van der Waals surface area contributed by atoms with Crippen LogP contribution in [0.3, 0.4) is 0 Å². The highest BCUT2D eigenvalue weighted by atomic mass is 32.2. The van der Waals surface area contributed by atoms with Gasteiger partial charge in [-0.3, -0.25) is 9.69 Å². The van der Waals surface area contributed by atoms with Crippen LogP contribution in [0.1, 0.15) is 24.6 Å². The Kier molecular flexibility index (Phi) is 5.60. The van der Waals surface area contributed by atoms with E-state index in [1.807, 2.05) is 13.0 Å². The van der Waals surface area contributed by atoms with Gasteiger partial charge in [0.05, 0.1) is 6.54 Å². The van der Waals surface area contributed by atoms with Gasteiger partial charge in [-0.05, 0) is 38.4 Å². The van der Waals surface area contributed by atoms with Crippen molar-refractivity contribution in [1.82, 2.24) is 9.21 Å². The first-order chi connectivity index (χ1) is 10.3. The maximum atomic E-state index is 12.6. The molecule has 0 radical (unpaired) electrons. The molecule has 0 unspecified atom stereocenters. The molecule has 124 valence electrons. The third-order valence-electron chi connectivity index (χ3n) is 4.01. The molecule has 6 nitrogen and oxygen atoms in total. The topological polar surface area (TPSA) is 77.9 Å². The fraction of sp³-hybridized carbons (Fsp3) is 0.643. The molecule has 1 saturated heterocycles. The summed E-state index contributed by atoms with van der Waals surface area (Å²) in [6, 6.07) is 3.67. The van der Waals surface area contributed by atoms with Gasteiger partial charge in [0.2, 0.25) is 0 Å². The number of rotatable bonds is 6. The van der Waals surface area contributed by atoms with Crippen molar-refractivity contribution in [3.8, 4) is 0 Å². The highest BCUT2D eigenvalue weighted by Gasteiger charge is 2.31. The molecule has 0 amide bonds. The van der Waals surface area contributed by atoms with E-state index in [4.69, 9.17) is 5.11 Å². The molecule has 2 rings (SSSR count). The van der Waals surface area contributed by atoms with Gasteiger partial charge in [-0.15, -0.1) is 11.3 Å². The number of hydrogen-bond acceptors (Lipinski definition) is 5. The lowest BCUT2D eigenvalue weighted by atomic mass is 10.1. The smallest absolute Gasteiger partial charge is 0.317 e. The zero-order valence-electron chi connectivity index (χ0n) is 12.9. The maximum Gasteiger partial charge on any atom is 0.317 e. The third-order valence-corrected chi connectivity index (χ3v) is 7.61. The molecule has 1 aliphatic heterocycles. The number of carboxylic acid groups (broad SMARTS) is 1. The van der Waals surface area contributed by atoms with E-state index in [-0.39, 0.29) is 12.6 Å². The molecule has 1 fully saturated rings. The molecule has 0 bridgehead atoms. The number of carbonyl (C=O) groups is 1. The van der Waals surface area contributed by atoms with Crippen LogP contribution in [0.15, 0.2) is 16.3 Å². The van der Waals surface area contributed by atoms with Gasteiger partial charge in [-0.2, -0.15) is 4.31 Å². The quantitative estimate of drug-likeness (QED) is 0.844. The van der Waals surface area contributed by atoms with Gasteiger partial charge >= 0.3 is 5.97 Å². The Labute approximate surface area is 135 Å². The molecule has 8 heteroatoms. The van der Waals surface area contributed by atoms with Crippen LogP contribution in [0.4, 0.5) is 0 Å². The van der Waals surface area contributed by atoms with E-state index in [2.05, 4.69) is 0 Å². The first-order valence-corrected chi connectivity index (χ1v) is 9.61. The summed E-state index contributed by atoms with van der Waals surface area (Å²) in [5.41, 5.74) is 0. The predicted octanol–water partition coefficient (Wildman–Crippen LogP) is 1.48. The number of aliphatic carboxylic acids is 1. The average molecular weight is 346 g/mol. The Hall–Kier alpha value is -0.960. The molecule has 0 atom stereocenters. The molecule has 0 saturated carbocycles. The zero-order valence-corrected chi connectivity index (χ0v) is 14.5. The minimum atomic E-state index is -3.41. The van der Waals surface area contributed by atoms with Crippen LogP contribution < -0.4 is 0 Å². The van der Waals surface area contributed by atoms with Crippen molar-refractivity contribution in [2.24, 2.45) is 0 Å². The summed E-state index contributed by atoms with van der Waals surface area (Å²) in [7, 11) is -1.63. The Morgan fingerprint density at radius 3 is 2.55 bits per heavy atom. The number of nitrogens with zero attached hydrogens (tertiary/aromatic N) is 2. The largest absolute Gasteiger partial charge is 0.480 e. The lowest BCUT2D eigenvalue weighted by Crippen LogP contribution is -2.46. The first kappa shape index (κ1) is 17.4. The maximum absolute atomic E-state index is 12.6. The number of carboxylic acids is 1. The van der Waals surface area contributed by atoms with Gasteiger partial charge in [0.1, 0.15) is 4.21 Å². The molecule has 0 aromatic carbocycles. The number of piperidine rings is 1. The van der Waals surface area contributed by atoms with Crippen LogP contribution in [-0.2, 0) is 21.2 Å². The second-order valence-corrected chi connectivity index (χ2v) is 8.85. The molecule has 22 heavy (non-hydrogen) atoms. The second kappa shape index (κ2) is 7.08. The Balaban J connectivity index is 2.00. The molecular weight excluding hydrogens is 324 g/mol. The van der Waals surface area contributed by atoms with E-state index in [1.54, 1.807) is 18.0 Å². The summed E-state index contributed by atoms with van der Waals surface area (Å²) in [4.78, 5) is 13.6. The van der Waals surface area contributed by atoms with Crippen molar-refractivity contribution >= 4 is 27.3 Å². The van der Waals surface area contributed by atoms with Gasteiger partial charge in [-0.25, -0.2) is 8.42 Å². The van der Waals surface area contributed by atoms with Gasteiger partial charge in [0.15, 0.2) is 0 Å². The molecule has 2 heterocycles. The molecule has 1 N–H and O–H groups in total. The third kappa shape index (κ3) is 3.87.